The number of hydrogen-bond donors (Lipinski definition) is 0. The molecule has 0 N–H and O–H groups in total. The molecule has 1 atom stereocenters. The zero-order chi connectivity index (χ0) is 21.3. The lowest BCUT2D eigenvalue weighted by molar-refractivity contribution is 0.0766. The minimum absolute atomic E-state index is 0.0715. The summed E-state index contributed by atoms with van der Waals surface area (Å²) in [6.07, 6.45) is 1.67. The van der Waals surface area contributed by atoms with Crippen LogP contribution in [0.5, 0.6) is 0 Å². The first kappa shape index (κ1) is 20.3. The number of carbonyl (C=O) groups is 1. The number of hydrogen-bond acceptors (Lipinski definition) is 4. The summed E-state index contributed by atoms with van der Waals surface area (Å²) in [4.78, 5) is 14.7. The van der Waals surface area contributed by atoms with Crippen molar-refractivity contribution < 1.29 is 17.6 Å². The Labute approximate surface area is 174 Å². The van der Waals surface area contributed by atoms with E-state index < -0.39 is 20.9 Å². The highest BCUT2D eigenvalue weighted by Crippen LogP contribution is 2.31. The maximum absolute atomic E-state index is 14.2. The molecule has 0 saturated carbocycles. The summed E-state index contributed by atoms with van der Waals surface area (Å²) >= 11 is 0. The zero-order valence-corrected chi connectivity index (χ0v) is 17.3. The van der Waals surface area contributed by atoms with Crippen LogP contribution in [-0.4, -0.2) is 47.8 Å². The normalized spacial score (nSPS) is 18.7. The first-order chi connectivity index (χ1) is 14.4. The Morgan fingerprint density at radius 3 is 2.50 bits per heavy atom. The largest absolute Gasteiger partial charge is 0.337 e. The second-order valence-corrected chi connectivity index (χ2v) is 9.65. The maximum Gasteiger partial charge on any atom is 0.257 e. The number of para-hydroxylation sites is 1. The molecule has 2 heterocycles. The minimum atomic E-state index is -3.59. The van der Waals surface area contributed by atoms with Crippen molar-refractivity contribution in [3.05, 3.63) is 83.4 Å². The van der Waals surface area contributed by atoms with Gasteiger partial charge < -0.3 is 4.90 Å². The van der Waals surface area contributed by atoms with Gasteiger partial charge in [-0.3, -0.25) is 4.79 Å². The molecule has 4 rings (SSSR count). The van der Waals surface area contributed by atoms with Gasteiger partial charge >= 0.3 is 0 Å². The highest BCUT2D eigenvalue weighted by molar-refractivity contribution is 7.91. The lowest BCUT2D eigenvalue weighted by Gasteiger charge is -2.20. The number of sulfone groups is 1. The molecular formula is C22H22FN3O3S. The lowest BCUT2D eigenvalue weighted by Crippen LogP contribution is -2.33. The fraction of sp³-hybridized carbons (Fsp3) is 0.273. The monoisotopic (exact) mass is 427 g/mol. The molecule has 1 aliphatic rings. The third-order valence-corrected chi connectivity index (χ3v) is 7.63. The molecule has 1 aromatic heterocycles. The second kappa shape index (κ2) is 8.02. The van der Waals surface area contributed by atoms with Gasteiger partial charge in [-0.25, -0.2) is 17.5 Å². The number of aromatic nitrogens is 2. The number of rotatable bonds is 3. The van der Waals surface area contributed by atoms with Crippen LogP contribution in [0, 0.1) is 12.7 Å². The Kier molecular flexibility index (Phi) is 5.42. The molecule has 8 heteroatoms. The van der Waals surface area contributed by atoms with E-state index in [2.05, 4.69) is 5.10 Å². The van der Waals surface area contributed by atoms with Gasteiger partial charge in [-0.2, -0.15) is 5.10 Å². The molecule has 0 aliphatic carbocycles. The SMILES string of the molecule is Cc1c(C(=O)N2CCC(c3ccccc3F)S(=O)(=O)CC2)cnn1-c1ccccc1. The number of nitrogens with zero attached hydrogens (tertiary/aromatic N) is 3. The second-order valence-electron chi connectivity index (χ2n) is 7.35. The molecule has 0 radical (unpaired) electrons. The predicted molar refractivity (Wildman–Crippen MR) is 112 cm³/mol. The van der Waals surface area contributed by atoms with Gasteiger partial charge in [-0.15, -0.1) is 0 Å². The van der Waals surface area contributed by atoms with Crippen molar-refractivity contribution in [3.63, 3.8) is 0 Å². The smallest absolute Gasteiger partial charge is 0.257 e. The Balaban J connectivity index is 1.59. The van der Waals surface area contributed by atoms with E-state index in [1.54, 1.807) is 10.7 Å². The molecule has 1 fully saturated rings. The molecule has 1 amide bonds. The van der Waals surface area contributed by atoms with Crippen molar-refractivity contribution in [2.75, 3.05) is 18.8 Å². The van der Waals surface area contributed by atoms with Gasteiger partial charge in [0.05, 0.1) is 34.1 Å². The lowest BCUT2D eigenvalue weighted by atomic mass is 10.1. The van der Waals surface area contributed by atoms with E-state index in [-0.39, 0.29) is 36.7 Å². The van der Waals surface area contributed by atoms with E-state index in [0.717, 1.165) is 5.69 Å². The average Bonchev–Trinajstić information content (AvgIpc) is 3.04. The van der Waals surface area contributed by atoms with Crippen molar-refractivity contribution in [1.29, 1.82) is 0 Å². The molecule has 0 spiro atoms. The fourth-order valence-electron chi connectivity index (χ4n) is 3.85. The van der Waals surface area contributed by atoms with E-state index in [1.165, 1.54) is 29.3 Å². The molecule has 1 aliphatic heterocycles. The van der Waals surface area contributed by atoms with Crippen LogP contribution >= 0.6 is 0 Å². The number of halogens is 1. The minimum Gasteiger partial charge on any atom is -0.337 e. The number of amides is 1. The summed E-state index contributed by atoms with van der Waals surface area (Å²) in [7, 11) is -3.59. The van der Waals surface area contributed by atoms with Crippen LogP contribution in [0.15, 0.2) is 60.8 Å². The van der Waals surface area contributed by atoms with E-state index >= 15 is 0 Å². The van der Waals surface area contributed by atoms with Gasteiger partial charge in [0, 0.05) is 18.7 Å². The van der Waals surface area contributed by atoms with Crippen molar-refractivity contribution >= 4 is 15.7 Å². The topological polar surface area (TPSA) is 72.3 Å². The summed E-state index contributed by atoms with van der Waals surface area (Å²) in [5, 5.41) is 3.38. The van der Waals surface area contributed by atoms with Crippen molar-refractivity contribution in [2.45, 2.75) is 18.6 Å². The van der Waals surface area contributed by atoms with Gasteiger partial charge in [0.25, 0.3) is 5.91 Å². The summed E-state index contributed by atoms with van der Waals surface area (Å²) in [5.41, 5.74) is 2.12. The Hall–Kier alpha value is -3.00. The fourth-order valence-corrected chi connectivity index (χ4v) is 5.65. The molecular weight excluding hydrogens is 405 g/mol. The van der Waals surface area contributed by atoms with Crippen LogP contribution in [0.4, 0.5) is 4.39 Å². The van der Waals surface area contributed by atoms with Gasteiger partial charge in [-0.1, -0.05) is 36.4 Å². The Morgan fingerprint density at radius 1 is 1.07 bits per heavy atom. The van der Waals surface area contributed by atoms with Crippen molar-refractivity contribution in [3.8, 4) is 5.69 Å². The van der Waals surface area contributed by atoms with Crippen molar-refractivity contribution in [1.82, 2.24) is 14.7 Å². The van der Waals surface area contributed by atoms with E-state index in [0.29, 0.717) is 11.3 Å². The summed E-state index contributed by atoms with van der Waals surface area (Å²) in [6, 6.07) is 15.4. The van der Waals surface area contributed by atoms with E-state index in [9.17, 15) is 17.6 Å². The summed E-state index contributed by atoms with van der Waals surface area (Å²) in [5.74, 6) is -1.01. The highest BCUT2D eigenvalue weighted by Gasteiger charge is 2.34. The van der Waals surface area contributed by atoms with Gasteiger partial charge in [0.2, 0.25) is 0 Å². The molecule has 6 nitrogen and oxygen atoms in total. The molecule has 3 aromatic rings. The Morgan fingerprint density at radius 2 is 1.77 bits per heavy atom. The van der Waals surface area contributed by atoms with Crippen LogP contribution < -0.4 is 0 Å². The van der Waals surface area contributed by atoms with Crippen LogP contribution in [-0.2, 0) is 9.84 Å². The third-order valence-electron chi connectivity index (χ3n) is 5.52. The summed E-state index contributed by atoms with van der Waals surface area (Å²) < 4.78 is 41.5. The maximum atomic E-state index is 14.2. The molecule has 30 heavy (non-hydrogen) atoms. The van der Waals surface area contributed by atoms with E-state index in [4.69, 9.17) is 0 Å². The molecule has 1 unspecified atom stereocenters. The first-order valence-corrected chi connectivity index (χ1v) is 11.5. The predicted octanol–water partition coefficient (Wildman–Crippen LogP) is 3.32. The molecule has 2 aromatic carbocycles. The average molecular weight is 428 g/mol. The first-order valence-electron chi connectivity index (χ1n) is 9.74. The van der Waals surface area contributed by atoms with Crippen LogP contribution in [0.25, 0.3) is 5.69 Å². The van der Waals surface area contributed by atoms with Crippen LogP contribution in [0.1, 0.15) is 33.3 Å². The van der Waals surface area contributed by atoms with E-state index in [1.807, 2.05) is 37.3 Å². The third kappa shape index (κ3) is 3.75. The van der Waals surface area contributed by atoms with Gasteiger partial charge in [-0.05, 0) is 31.5 Å². The van der Waals surface area contributed by atoms with Gasteiger partial charge in [0.1, 0.15) is 5.82 Å². The number of carbonyl (C=O) groups excluding carboxylic acids is 1. The Bertz CT molecular complexity index is 1180. The van der Waals surface area contributed by atoms with Crippen LogP contribution in [0.3, 0.4) is 0 Å². The van der Waals surface area contributed by atoms with Crippen LogP contribution in [0.2, 0.25) is 0 Å². The van der Waals surface area contributed by atoms with Gasteiger partial charge in [0.15, 0.2) is 9.84 Å². The number of benzene rings is 2. The standard InChI is InChI=1S/C22H22FN3O3S/c1-16-19(15-24-26(16)17-7-3-2-4-8-17)22(27)25-12-11-21(30(28,29)14-13-25)18-9-5-6-10-20(18)23/h2-10,15,21H,11-14H2,1H3. The summed E-state index contributed by atoms with van der Waals surface area (Å²) in [6.45, 7) is 2.11. The molecule has 156 valence electrons. The van der Waals surface area contributed by atoms with Crippen molar-refractivity contribution in [2.24, 2.45) is 0 Å². The highest BCUT2D eigenvalue weighted by atomic mass is 32.2. The molecule has 0 bridgehead atoms. The molecule has 1 saturated heterocycles. The zero-order valence-electron chi connectivity index (χ0n) is 16.5. The quantitative estimate of drug-likeness (QED) is 0.643.